The van der Waals surface area contributed by atoms with Gasteiger partial charge in [0.2, 0.25) is 5.78 Å². The van der Waals surface area contributed by atoms with Crippen molar-refractivity contribution in [3.05, 3.63) is 36.0 Å². The molecule has 78 valence electrons. The number of Topliss-reactive ketones (excluding diaryl/α,β-unsaturated/α-hetero) is 1. The summed E-state index contributed by atoms with van der Waals surface area (Å²) in [4.78, 5) is 16.0. The lowest BCUT2D eigenvalue weighted by Crippen LogP contribution is -3.06. The van der Waals surface area contributed by atoms with E-state index in [1.165, 1.54) is 0 Å². The third-order valence-corrected chi connectivity index (χ3v) is 2.34. The Bertz CT molecular complexity index is 452. The third kappa shape index (κ3) is 2.07. The van der Waals surface area contributed by atoms with Gasteiger partial charge in [0.25, 0.3) is 0 Å². The topological polar surface area (TPSA) is 37.3 Å². The van der Waals surface area contributed by atoms with Crippen LogP contribution in [-0.4, -0.2) is 31.4 Å². The van der Waals surface area contributed by atoms with Crippen molar-refractivity contribution >= 4 is 16.7 Å². The van der Waals surface area contributed by atoms with E-state index in [0.29, 0.717) is 12.2 Å². The molecule has 0 saturated carbocycles. The Morgan fingerprint density at radius 3 is 2.73 bits per heavy atom. The average Bonchev–Trinajstić information content (AvgIpc) is 2.59. The van der Waals surface area contributed by atoms with Gasteiger partial charge in [-0.25, -0.2) is 0 Å². The molecule has 1 aromatic heterocycles. The number of hydrogen-bond donors (Lipinski definition) is 2. The van der Waals surface area contributed by atoms with Gasteiger partial charge in [0.05, 0.1) is 19.8 Å². The average molecular weight is 203 g/mol. The van der Waals surface area contributed by atoms with Crippen LogP contribution in [-0.2, 0) is 0 Å². The van der Waals surface area contributed by atoms with Crippen LogP contribution in [0.5, 0.6) is 0 Å². The fraction of sp³-hybridized carbons (Fsp3) is 0.250. The predicted molar refractivity (Wildman–Crippen MR) is 60.3 cm³/mol. The molecule has 0 unspecified atom stereocenters. The van der Waals surface area contributed by atoms with Gasteiger partial charge < -0.3 is 9.88 Å². The van der Waals surface area contributed by atoms with E-state index in [1.54, 1.807) is 0 Å². The third-order valence-electron chi connectivity index (χ3n) is 2.34. The number of quaternary nitrogens is 1. The number of benzene rings is 1. The van der Waals surface area contributed by atoms with Crippen LogP contribution in [0.2, 0.25) is 0 Å². The van der Waals surface area contributed by atoms with Gasteiger partial charge >= 0.3 is 0 Å². The summed E-state index contributed by atoms with van der Waals surface area (Å²) in [6, 6.07) is 9.84. The standard InChI is InChI=1S/C12H14N2O/c1-14(2)8-12(15)11-7-9-5-3-4-6-10(9)13-11/h3-7,13H,8H2,1-2H3/p+1. The van der Waals surface area contributed by atoms with Crippen molar-refractivity contribution in [3.8, 4) is 0 Å². The Labute approximate surface area is 88.7 Å². The number of rotatable bonds is 3. The van der Waals surface area contributed by atoms with E-state index < -0.39 is 0 Å². The van der Waals surface area contributed by atoms with Gasteiger partial charge in [-0.05, 0) is 12.1 Å². The van der Waals surface area contributed by atoms with Crippen LogP contribution in [0, 0.1) is 0 Å². The van der Waals surface area contributed by atoms with E-state index in [9.17, 15) is 4.79 Å². The van der Waals surface area contributed by atoms with Crippen molar-refractivity contribution in [2.75, 3.05) is 20.6 Å². The number of likely N-dealkylation sites (N-methyl/N-ethyl adjacent to an activating group) is 1. The lowest BCUT2D eigenvalue weighted by molar-refractivity contribution is -0.848. The number of H-pyrrole nitrogens is 1. The quantitative estimate of drug-likeness (QED) is 0.700. The Balaban J connectivity index is 2.32. The van der Waals surface area contributed by atoms with E-state index in [4.69, 9.17) is 0 Å². The minimum absolute atomic E-state index is 0.159. The molecule has 15 heavy (non-hydrogen) atoms. The number of hydrogen-bond acceptors (Lipinski definition) is 1. The Kier molecular flexibility index (Phi) is 2.56. The van der Waals surface area contributed by atoms with Crippen LogP contribution < -0.4 is 4.90 Å². The molecule has 0 fully saturated rings. The SMILES string of the molecule is C[NH+](C)CC(=O)c1cc2ccccc2[nH]1. The second-order valence-corrected chi connectivity index (χ2v) is 4.08. The summed E-state index contributed by atoms with van der Waals surface area (Å²) in [5.74, 6) is 0.159. The van der Waals surface area contributed by atoms with Crippen molar-refractivity contribution in [2.24, 2.45) is 0 Å². The van der Waals surface area contributed by atoms with Crippen LogP contribution in [0.4, 0.5) is 0 Å². The van der Waals surface area contributed by atoms with E-state index in [0.717, 1.165) is 15.8 Å². The molecule has 0 spiro atoms. The van der Waals surface area contributed by atoms with Crippen LogP contribution in [0.3, 0.4) is 0 Å². The normalized spacial score (nSPS) is 11.1. The van der Waals surface area contributed by atoms with Gasteiger partial charge in [-0.2, -0.15) is 0 Å². The number of carbonyl (C=O) groups is 1. The molecule has 0 bridgehead atoms. The predicted octanol–water partition coefficient (Wildman–Crippen LogP) is 0.495. The zero-order valence-corrected chi connectivity index (χ0v) is 9.00. The minimum atomic E-state index is 0.159. The smallest absolute Gasteiger partial charge is 0.232 e. The number of aromatic amines is 1. The van der Waals surface area contributed by atoms with Gasteiger partial charge in [-0.15, -0.1) is 0 Å². The van der Waals surface area contributed by atoms with Crippen molar-refractivity contribution in [3.63, 3.8) is 0 Å². The second-order valence-electron chi connectivity index (χ2n) is 4.08. The molecule has 2 rings (SSSR count). The van der Waals surface area contributed by atoms with Gasteiger partial charge in [0.1, 0.15) is 6.54 Å². The highest BCUT2D eigenvalue weighted by Gasteiger charge is 2.11. The molecule has 0 aliphatic rings. The molecule has 2 N–H and O–H groups in total. The molecule has 3 heteroatoms. The molecule has 2 aromatic rings. The number of carbonyl (C=O) groups excluding carboxylic acids is 1. The molecule has 0 radical (unpaired) electrons. The van der Waals surface area contributed by atoms with Gasteiger partial charge in [0, 0.05) is 10.9 Å². The summed E-state index contributed by atoms with van der Waals surface area (Å²) in [5, 5.41) is 1.09. The summed E-state index contributed by atoms with van der Waals surface area (Å²) >= 11 is 0. The van der Waals surface area contributed by atoms with Crippen molar-refractivity contribution in [2.45, 2.75) is 0 Å². The molecule has 0 aliphatic carbocycles. The summed E-state index contributed by atoms with van der Waals surface area (Å²) in [7, 11) is 3.95. The Morgan fingerprint density at radius 1 is 1.33 bits per heavy atom. The first-order chi connectivity index (χ1) is 7.16. The Morgan fingerprint density at radius 2 is 2.07 bits per heavy atom. The zero-order valence-electron chi connectivity index (χ0n) is 9.00. The molecule has 1 aromatic carbocycles. The highest BCUT2D eigenvalue weighted by atomic mass is 16.1. The second kappa shape index (κ2) is 3.87. The molecule has 1 heterocycles. The highest BCUT2D eigenvalue weighted by molar-refractivity contribution is 5.99. The molecule has 3 nitrogen and oxygen atoms in total. The Hall–Kier alpha value is -1.61. The molecular formula is C12H15N2O+. The molecule has 0 atom stereocenters. The number of ketones is 1. The summed E-state index contributed by atoms with van der Waals surface area (Å²) in [6.45, 7) is 0.521. The highest BCUT2D eigenvalue weighted by Crippen LogP contribution is 2.14. The largest absolute Gasteiger partial charge is 0.352 e. The lowest BCUT2D eigenvalue weighted by Gasteiger charge is -2.03. The summed E-state index contributed by atoms with van der Waals surface area (Å²) in [5.41, 5.74) is 1.73. The lowest BCUT2D eigenvalue weighted by atomic mass is 10.2. The van der Waals surface area contributed by atoms with Crippen molar-refractivity contribution in [1.29, 1.82) is 0 Å². The molecular weight excluding hydrogens is 188 g/mol. The molecule has 0 aliphatic heterocycles. The number of aromatic nitrogens is 1. The zero-order chi connectivity index (χ0) is 10.8. The van der Waals surface area contributed by atoms with Crippen LogP contribution in [0.1, 0.15) is 10.5 Å². The van der Waals surface area contributed by atoms with E-state index in [2.05, 4.69) is 4.98 Å². The maximum absolute atomic E-state index is 11.8. The van der Waals surface area contributed by atoms with Crippen LogP contribution >= 0.6 is 0 Å². The number of para-hydroxylation sites is 1. The first-order valence-electron chi connectivity index (χ1n) is 5.07. The van der Waals surface area contributed by atoms with Crippen LogP contribution in [0.15, 0.2) is 30.3 Å². The summed E-state index contributed by atoms with van der Waals surface area (Å²) in [6.07, 6.45) is 0. The first kappa shape index (κ1) is 9.93. The van der Waals surface area contributed by atoms with Crippen molar-refractivity contribution < 1.29 is 9.69 Å². The minimum Gasteiger partial charge on any atom is -0.352 e. The van der Waals surface area contributed by atoms with E-state index in [1.807, 2.05) is 44.4 Å². The summed E-state index contributed by atoms with van der Waals surface area (Å²) < 4.78 is 0. The van der Waals surface area contributed by atoms with Crippen LogP contribution in [0.25, 0.3) is 10.9 Å². The van der Waals surface area contributed by atoms with Gasteiger partial charge in [-0.3, -0.25) is 4.79 Å². The molecule has 0 saturated heterocycles. The molecule has 0 amide bonds. The van der Waals surface area contributed by atoms with E-state index in [-0.39, 0.29) is 5.78 Å². The maximum Gasteiger partial charge on any atom is 0.232 e. The fourth-order valence-electron chi connectivity index (χ4n) is 1.64. The fourth-order valence-corrected chi connectivity index (χ4v) is 1.64. The van der Waals surface area contributed by atoms with Crippen molar-refractivity contribution in [1.82, 2.24) is 4.98 Å². The monoisotopic (exact) mass is 203 g/mol. The van der Waals surface area contributed by atoms with Gasteiger partial charge in [-0.1, -0.05) is 18.2 Å². The number of nitrogens with one attached hydrogen (secondary N) is 2. The van der Waals surface area contributed by atoms with E-state index >= 15 is 0 Å². The maximum atomic E-state index is 11.8. The van der Waals surface area contributed by atoms with Gasteiger partial charge in [0.15, 0.2) is 0 Å². The number of fused-ring (bicyclic) bond motifs is 1. The first-order valence-corrected chi connectivity index (χ1v) is 5.07.